The maximum Gasteiger partial charge on any atom is 0.256 e. The molecular weight excluding hydrogens is 531 g/mol. The van der Waals surface area contributed by atoms with Gasteiger partial charge in [0, 0.05) is 67.6 Å². The summed E-state index contributed by atoms with van der Waals surface area (Å²) in [6.07, 6.45) is 5.74. The van der Waals surface area contributed by atoms with E-state index in [0.717, 1.165) is 45.0 Å². The Labute approximate surface area is 240 Å². The highest BCUT2D eigenvalue weighted by molar-refractivity contribution is 6.05. The van der Waals surface area contributed by atoms with E-state index in [2.05, 4.69) is 44.0 Å². The van der Waals surface area contributed by atoms with Gasteiger partial charge in [0.15, 0.2) is 0 Å². The molecule has 3 N–H and O–H groups in total. The number of carbonyl (C=O) groups excluding carboxylic acids is 1. The van der Waals surface area contributed by atoms with Crippen molar-refractivity contribution in [3.8, 4) is 0 Å². The second-order valence-corrected chi connectivity index (χ2v) is 9.07. The first-order valence-electron chi connectivity index (χ1n) is 12.0. The largest absolute Gasteiger partial charge is 1.00 e. The fraction of sp³-hybridized carbons (Fsp3) is 0.100. The van der Waals surface area contributed by atoms with E-state index in [1.54, 1.807) is 12.3 Å². The SMILES string of the molecule is CN(C)c1ccc2c(Nc3ccc(NC(=O)c4cccc(N[c+]5ccn(C)cc5)c4)cc3)ccnc2c1.Cl.[Cl-]. The highest BCUT2D eigenvalue weighted by atomic mass is 35.5. The molecule has 0 unspecified atom stereocenters. The first kappa shape index (κ1) is 29.2. The van der Waals surface area contributed by atoms with Gasteiger partial charge in [0.2, 0.25) is 0 Å². The van der Waals surface area contributed by atoms with Crippen molar-refractivity contribution in [3.63, 3.8) is 0 Å². The number of anilines is 6. The lowest BCUT2D eigenvalue weighted by Crippen LogP contribution is -3.00. The van der Waals surface area contributed by atoms with Gasteiger partial charge < -0.3 is 27.9 Å². The van der Waals surface area contributed by atoms with Crippen molar-refractivity contribution in [1.29, 1.82) is 0 Å². The van der Waals surface area contributed by atoms with Gasteiger partial charge in [-0.25, -0.2) is 0 Å². The summed E-state index contributed by atoms with van der Waals surface area (Å²) in [6.45, 7) is 0. The second kappa shape index (κ2) is 13.0. The van der Waals surface area contributed by atoms with E-state index in [1.807, 2.05) is 98.8 Å². The summed E-state index contributed by atoms with van der Waals surface area (Å²) >= 11 is 0. The van der Waals surface area contributed by atoms with Crippen LogP contribution in [0, 0.1) is 0 Å². The zero-order valence-electron chi connectivity index (χ0n) is 21.9. The Bertz CT molecular complexity index is 1560. The van der Waals surface area contributed by atoms with Crippen molar-refractivity contribution in [2.75, 3.05) is 34.9 Å². The van der Waals surface area contributed by atoms with E-state index in [1.165, 1.54) is 0 Å². The van der Waals surface area contributed by atoms with Crippen LogP contribution in [0.2, 0.25) is 0 Å². The molecule has 0 aliphatic carbocycles. The van der Waals surface area contributed by atoms with Crippen molar-refractivity contribution in [2.45, 2.75) is 0 Å². The molecule has 3 aromatic carbocycles. The number of carbonyl (C=O) groups is 1. The lowest BCUT2D eigenvalue weighted by Gasteiger charge is -2.15. The van der Waals surface area contributed by atoms with Crippen molar-refractivity contribution >= 4 is 63.3 Å². The van der Waals surface area contributed by atoms with Crippen molar-refractivity contribution in [3.05, 3.63) is 109 Å². The van der Waals surface area contributed by atoms with Crippen LogP contribution in [-0.4, -0.2) is 29.6 Å². The summed E-state index contributed by atoms with van der Waals surface area (Å²) in [5, 5.41) is 10.8. The zero-order valence-corrected chi connectivity index (χ0v) is 23.4. The van der Waals surface area contributed by atoms with Crippen molar-refractivity contribution in [1.82, 2.24) is 9.55 Å². The minimum atomic E-state index is -0.166. The maximum absolute atomic E-state index is 12.9. The van der Waals surface area contributed by atoms with Crippen LogP contribution < -0.4 is 33.3 Å². The third-order valence-corrected chi connectivity index (χ3v) is 6.06. The van der Waals surface area contributed by atoms with Crippen LogP contribution in [0.4, 0.5) is 34.1 Å². The number of benzene rings is 3. The first-order valence-corrected chi connectivity index (χ1v) is 12.0. The number of hydrogen-bond donors (Lipinski definition) is 3. The molecule has 0 spiro atoms. The van der Waals surface area contributed by atoms with E-state index in [9.17, 15) is 4.79 Å². The monoisotopic (exact) mass is 560 g/mol. The van der Waals surface area contributed by atoms with E-state index in [0.29, 0.717) is 5.56 Å². The molecule has 0 radical (unpaired) electrons. The molecule has 1 amide bonds. The number of amides is 1. The minimum Gasteiger partial charge on any atom is -1.00 e. The van der Waals surface area contributed by atoms with Crippen LogP contribution in [-0.2, 0) is 7.05 Å². The van der Waals surface area contributed by atoms with E-state index >= 15 is 0 Å². The fourth-order valence-electron chi connectivity index (χ4n) is 4.01. The van der Waals surface area contributed by atoms with Crippen LogP contribution in [0.25, 0.3) is 10.9 Å². The number of halogens is 2. The summed E-state index contributed by atoms with van der Waals surface area (Å²) in [6, 6.07) is 27.3. The summed E-state index contributed by atoms with van der Waals surface area (Å²) in [5.41, 5.74) is 7.04. The normalized spacial score (nSPS) is 10.1. The van der Waals surface area contributed by atoms with Gasteiger partial charge in [-0.1, -0.05) is 0 Å². The molecule has 200 valence electrons. The third kappa shape index (κ3) is 7.16. The Morgan fingerprint density at radius 3 is 2.33 bits per heavy atom. The minimum absolute atomic E-state index is 0. The molecular formula is C30H30Cl2N6O. The fourth-order valence-corrected chi connectivity index (χ4v) is 4.01. The molecule has 0 aliphatic heterocycles. The van der Waals surface area contributed by atoms with Crippen LogP contribution in [0.5, 0.6) is 0 Å². The quantitative estimate of drug-likeness (QED) is 0.261. The first-order chi connectivity index (χ1) is 17.9. The Morgan fingerprint density at radius 1 is 0.897 bits per heavy atom. The molecule has 9 heteroatoms. The van der Waals surface area contributed by atoms with Crippen LogP contribution in [0.15, 0.2) is 104 Å². The molecule has 0 saturated carbocycles. The van der Waals surface area contributed by atoms with E-state index < -0.39 is 0 Å². The Kier molecular flexibility index (Phi) is 9.71. The van der Waals surface area contributed by atoms with Gasteiger partial charge in [-0.2, -0.15) is 0 Å². The maximum atomic E-state index is 12.9. The number of rotatable bonds is 7. The summed E-state index contributed by atoms with van der Waals surface area (Å²) in [5.74, 6) is -0.166. The summed E-state index contributed by atoms with van der Waals surface area (Å²) < 4.78 is 1.97. The van der Waals surface area contributed by atoms with Crippen LogP contribution in [0.3, 0.4) is 0 Å². The van der Waals surface area contributed by atoms with Crippen molar-refractivity contribution < 1.29 is 17.2 Å². The van der Waals surface area contributed by atoms with Crippen LogP contribution in [0.1, 0.15) is 10.4 Å². The van der Waals surface area contributed by atoms with Gasteiger partial charge in [0.05, 0.1) is 35.6 Å². The number of aromatic nitrogens is 2. The molecule has 0 fully saturated rings. The van der Waals surface area contributed by atoms with Gasteiger partial charge in [-0.05, 0) is 60.7 Å². The number of aryl methyl sites for hydroxylation is 1. The third-order valence-electron chi connectivity index (χ3n) is 6.06. The molecule has 0 saturated heterocycles. The second-order valence-electron chi connectivity index (χ2n) is 9.07. The van der Waals surface area contributed by atoms with E-state index in [-0.39, 0.29) is 30.7 Å². The van der Waals surface area contributed by atoms with Gasteiger partial charge in [0.25, 0.3) is 5.91 Å². The average molecular weight is 562 g/mol. The number of nitrogens with zero attached hydrogens (tertiary/aromatic N) is 3. The summed E-state index contributed by atoms with van der Waals surface area (Å²) in [4.78, 5) is 19.5. The Hall–Kier alpha value is -4.33. The average Bonchev–Trinajstić information content (AvgIpc) is 2.91. The number of fused-ring (bicyclic) bond motifs is 1. The molecule has 0 atom stereocenters. The molecule has 0 aliphatic rings. The van der Waals surface area contributed by atoms with Crippen LogP contribution >= 0.6 is 12.4 Å². The predicted octanol–water partition coefficient (Wildman–Crippen LogP) is 4.09. The predicted molar refractivity (Wildman–Crippen MR) is 161 cm³/mol. The smallest absolute Gasteiger partial charge is 0.256 e. The number of pyridine rings is 2. The molecule has 5 rings (SSSR count). The molecule has 2 aromatic heterocycles. The number of nitrogens with one attached hydrogen (secondary N) is 3. The molecule has 5 aromatic rings. The van der Waals surface area contributed by atoms with Gasteiger partial charge in [-0.3, -0.25) is 19.7 Å². The highest BCUT2D eigenvalue weighted by Gasteiger charge is 2.10. The molecule has 2 heterocycles. The van der Waals surface area contributed by atoms with Gasteiger partial charge >= 0.3 is 0 Å². The van der Waals surface area contributed by atoms with E-state index in [4.69, 9.17) is 0 Å². The summed E-state index contributed by atoms with van der Waals surface area (Å²) in [7, 11) is 6.00. The Balaban J connectivity index is 0.00000210. The van der Waals surface area contributed by atoms with Crippen molar-refractivity contribution in [2.24, 2.45) is 7.05 Å². The molecule has 0 bridgehead atoms. The topological polar surface area (TPSA) is 74.2 Å². The molecule has 39 heavy (non-hydrogen) atoms. The van der Waals surface area contributed by atoms with Gasteiger partial charge in [0.1, 0.15) is 11.4 Å². The molecule has 7 nitrogen and oxygen atoms in total. The lowest BCUT2D eigenvalue weighted by atomic mass is 10.1. The lowest BCUT2D eigenvalue weighted by molar-refractivity contribution is -0.0000151. The van der Waals surface area contributed by atoms with Gasteiger partial charge in [-0.15, -0.1) is 12.4 Å². The standard InChI is InChI=1S/C30H28N6O.2ClH/c1-35(2)26-11-12-27-28(13-16-31-29(27)20-26)33-22-7-9-23(10-8-22)34-30(37)21-5-4-6-25(19-21)32-24-14-17-36(3)18-15-24;;/h4-20,32H,1-3H3,(H-,31,33,34,37);2*1H. The Morgan fingerprint density at radius 2 is 1.62 bits per heavy atom. The zero-order chi connectivity index (χ0) is 25.8. The number of hydrogen-bond acceptors (Lipinski definition) is 5. The highest BCUT2D eigenvalue weighted by Crippen LogP contribution is 2.28.